The van der Waals surface area contributed by atoms with E-state index < -0.39 is 0 Å². The largest absolute Gasteiger partial charge is 0.497 e. The molecule has 0 aliphatic carbocycles. The minimum absolute atomic E-state index is 0.153. The number of thioether (sulfide) groups is 1. The van der Waals surface area contributed by atoms with Crippen molar-refractivity contribution < 1.29 is 9.53 Å². The first kappa shape index (κ1) is 19.6. The van der Waals surface area contributed by atoms with Crippen LogP contribution in [0.15, 0.2) is 53.4 Å². The van der Waals surface area contributed by atoms with Crippen molar-refractivity contribution in [2.24, 2.45) is 5.92 Å². The number of amides is 1. The molecule has 0 spiro atoms. The third-order valence-electron chi connectivity index (χ3n) is 5.06. The standard InChI is InChI=1S/C22H28N2O2S/c1-23(2)19-6-4-5-18(15-19)22(25)24-13-11-17(12-14-24)16-27-21-9-7-20(26-3)8-10-21/h4-10,15,17H,11-14,16H2,1-3H3. The molecule has 5 heteroatoms. The van der Waals surface area contributed by atoms with Crippen LogP contribution in [-0.2, 0) is 0 Å². The van der Waals surface area contributed by atoms with Gasteiger partial charge in [0.25, 0.3) is 5.91 Å². The van der Waals surface area contributed by atoms with Gasteiger partial charge in [-0.25, -0.2) is 0 Å². The molecule has 2 aromatic carbocycles. The number of hydrogen-bond acceptors (Lipinski definition) is 4. The van der Waals surface area contributed by atoms with Gasteiger partial charge in [0.05, 0.1) is 7.11 Å². The highest BCUT2D eigenvalue weighted by molar-refractivity contribution is 7.99. The van der Waals surface area contributed by atoms with Gasteiger partial charge in [-0.05, 0) is 61.2 Å². The molecule has 0 aromatic heterocycles. The van der Waals surface area contributed by atoms with Gasteiger partial charge in [-0.15, -0.1) is 11.8 Å². The number of carbonyl (C=O) groups excluding carboxylic acids is 1. The van der Waals surface area contributed by atoms with Crippen molar-refractivity contribution in [1.82, 2.24) is 4.90 Å². The summed E-state index contributed by atoms with van der Waals surface area (Å²) in [6.07, 6.45) is 2.14. The molecule has 2 aromatic rings. The smallest absolute Gasteiger partial charge is 0.253 e. The predicted molar refractivity (Wildman–Crippen MR) is 113 cm³/mol. The van der Waals surface area contributed by atoms with Gasteiger partial charge in [-0.3, -0.25) is 4.79 Å². The highest BCUT2D eigenvalue weighted by Crippen LogP contribution is 2.28. The van der Waals surface area contributed by atoms with Crippen molar-refractivity contribution in [2.75, 3.05) is 44.9 Å². The van der Waals surface area contributed by atoms with E-state index >= 15 is 0 Å². The molecule has 1 saturated heterocycles. The minimum atomic E-state index is 0.153. The van der Waals surface area contributed by atoms with E-state index in [1.807, 2.05) is 72.1 Å². The Labute approximate surface area is 166 Å². The number of hydrogen-bond donors (Lipinski definition) is 0. The Morgan fingerprint density at radius 1 is 1.15 bits per heavy atom. The zero-order chi connectivity index (χ0) is 19.2. The van der Waals surface area contributed by atoms with E-state index in [0.29, 0.717) is 5.92 Å². The molecule has 1 aliphatic heterocycles. The van der Waals surface area contributed by atoms with Crippen molar-refractivity contribution in [3.05, 3.63) is 54.1 Å². The molecule has 4 nitrogen and oxygen atoms in total. The SMILES string of the molecule is COc1ccc(SCC2CCN(C(=O)c3cccc(N(C)C)c3)CC2)cc1. The lowest BCUT2D eigenvalue weighted by atomic mass is 9.98. The summed E-state index contributed by atoms with van der Waals surface area (Å²) in [6.45, 7) is 1.69. The topological polar surface area (TPSA) is 32.8 Å². The zero-order valence-corrected chi connectivity index (χ0v) is 17.2. The number of ether oxygens (including phenoxy) is 1. The van der Waals surface area contributed by atoms with Crippen LogP contribution in [0, 0.1) is 5.92 Å². The maximum Gasteiger partial charge on any atom is 0.253 e. The van der Waals surface area contributed by atoms with Gasteiger partial charge in [-0.1, -0.05) is 6.07 Å². The molecule has 0 unspecified atom stereocenters. The zero-order valence-electron chi connectivity index (χ0n) is 16.4. The lowest BCUT2D eigenvalue weighted by Gasteiger charge is -2.32. The fourth-order valence-corrected chi connectivity index (χ4v) is 4.38. The van der Waals surface area contributed by atoms with Gasteiger partial charge in [-0.2, -0.15) is 0 Å². The molecular formula is C22H28N2O2S. The fraction of sp³-hybridized carbons (Fsp3) is 0.409. The van der Waals surface area contributed by atoms with Crippen LogP contribution in [0.25, 0.3) is 0 Å². The van der Waals surface area contributed by atoms with Crippen molar-refractivity contribution >= 4 is 23.4 Å². The molecule has 1 fully saturated rings. The maximum absolute atomic E-state index is 12.8. The normalized spacial score (nSPS) is 14.9. The van der Waals surface area contributed by atoms with Crippen LogP contribution >= 0.6 is 11.8 Å². The van der Waals surface area contributed by atoms with Crippen LogP contribution in [0.3, 0.4) is 0 Å². The van der Waals surface area contributed by atoms with E-state index in [2.05, 4.69) is 12.1 Å². The average Bonchev–Trinajstić information content (AvgIpc) is 2.72. The number of rotatable bonds is 6. The highest BCUT2D eigenvalue weighted by Gasteiger charge is 2.24. The second kappa shape index (κ2) is 9.18. The van der Waals surface area contributed by atoms with Crippen LogP contribution < -0.4 is 9.64 Å². The summed E-state index contributed by atoms with van der Waals surface area (Å²) in [5, 5.41) is 0. The van der Waals surface area contributed by atoms with E-state index in [0.717, 1.165) is 48.7 Å². The average molecular weight is 385 g/mol. The monoisotopic (exact) mass is 384 g/mol. The molecule has 0 saturated carbocycles. The van der Waals surface area contributed by atoms with Crippen molar-refractivity contribution in [3.8, 4) is 5.75 Å². The lowest BCUT2D eigenvalue weighted by molar-refractivity contribution is 0.0698. The van der Waals surface area contributed by atoms with E-state index in [-0.39, 0.29) is 5.91 Å². The number of anilines is 1. The number of likely N-dealkylation sites (tertiary alicyclic amines) is 1. The Kier molecular flexibility index (Phi) is 6.67. The first-order chi connectivity index (χ1) is 13.1. The van der Waals surface area contributed by atoms with Crippen molar-refractivity contribution in [3.63, 3.8) is 0 Å². The Balaban J connectivity index is 1.49. The molecule has 1 aliphatic rings. The van der Waals surface area contributed by atoms with Crippen LogP contribution in [0.5, 0.6) is 5.75 Å². The Morgan fingerprint density at radius 2 is 1.85 bits per heavy atom. The van der Waals surface area contributed by atoms with E-state index in [4.69, 9.17) is 4.74 Å². The lowest BCUT2D eigenvalue weighted by Crippen LogP contribution is -2.39. The Hall–Kier alpha value is -2.14. The van der Waals surface area contributed by atoms with Crippen LogP contribution in [-0.4, -0.2) is 50.9 Å². The third-order valence-corrected chi connectivity index (χ3v) is 6.30. The first-order valence-electron chi connectivity index (χ1n) is 9.40. The number of carbonyl (C=O) groups is 1. The molecular weight excluding hydrogens is 356 g/mol. The first-order valence-corrected chi connectivity index (χ1v) is 10.4. The summed E-state index contributed by atoms with van der Waals surface area (Å²) in [7, 11) is 5.68. The second-order valence-corrected chi connectivity index (χ2v) is 8.26. The van der Waals surface area contributed by atoms with Gasteiger partial charge in [0.1, 0.15) is 5.75 Å². The number of nitrogens with zero attached hydrogens (tertiary/aromatic N) is 2. The van der Waals surface area contributed by atoms with E-state index in [1.165, 1.54) is 4.90 Å². The molecule has 0 atom stereocenters. The second-order valence-electron chi connectivity index (χ2n) is 7.17. The van der Waals surface area contributed by atoms with Gasteiger partial charge in [0.2, 0.25) is 0 Å². The summed E-state index contributed by atoms with van der Waals surface area (Å²) in [5.74, 6) is 2.81. The van der Waals surface area contributed by atoms with E-state index in [1.54, 1.807) is 7.11 Å². The maximum atomic E-state index is 12.8. The summed E-state index contributed by atoms with van der Waals surface area (Å²) >= 11 is 1.89. The molecule has 0 radical (unpaired) electrons. The van der Waals surface area contributed by atoms with E-state index in [9.17, 15) is 4.79 Å². The number of methoxy groups -OCH3 is 1. The molecule has 0 bridgehead atoms. The quantitative estimate of drug-likeness (QED) is 0.691. The fourth-order valence-electron chi connectivity index (χ4n) is 3.29. The van der Waals surface area contributed by atoms with Crippen LogP contribution in [0.2, 0.25) is 0 Å². The van der Waals surface area contributed by atoms with Gasteiger partial charge in [0, 0.05) is 49.1 Å². The molecule has 1 amide bonds. The molecule has 3 rings (SSSR count). The van der Waals surface area contributed by atoms with Gasteiger partial charge >= 0.3 is 0 Å². The van der Waals surface area contributed by atoms with Gasteiger partial charge < -0.3 is 14.5 Å². The van der Waals surface area contributed by atoms with Crippen LogP contribution in [0.1, 0.15) is 23.2 Å². The Morgan fingerprint density at radius 3 is 2.48 bits per heavy atom. The molecule has 27 heavy (non-hydrogen) atoms. The van der Waals surface area contributed by atoms with Crippen molar-refractivity contribution in [2.45, 2.75) is 17.7 Å². The number of benzene rings is 2. The summed E-state index contributed by atoms with van der Waals surface area (Å²) in [4.78, 5) is 18.1. The number of piperidine rings is 1. The molecule has 0 N–H and O–H groups in total. The third kappa shape index (κ3) is 5.19. The minimum Gasteiger partial charge on any atom is -0.497 e. The molecule has 144 valence electrons. The van der Waals surface area contributed by atoms with Crippen molar-refractivity contribution in [1.29, 1.82) is 0 Å². The van der Waals surface area contributed by atoms with Gasteiger partial charge in [0.15, 0.2) is 0 Å². The summed E-state index contributed by atoms with van der Waals surface area (Å²) in [6, 6.07) is 16.1. The molecule has 1 heterocycles. The summed E-state index contributed by atoms with van der Waals surface area (Å²) < 4.78 is 5.21. The van der Waals surface area contributed by atoms with Crippen LogP contribution in [0.4, 0.5) is 5.69 Å². The summed E-state index contributed by atoms with van der Waals surface area (Å²) in [5.41, 5.74) is 1.85. The highest BCUT2D eigenvalue weighted by atomic mass is 32.2. The Bertz CT molecular complexity index is 753. The predicted octanol–water partition coefficient (Wildman–Crippen LogP) is 4.41.